The van der Waals surface area contributed by atoms with Gasteiger partial charge in [-0.1, -0.05) is 26.7 Å². The van der Waals surface area contributed by atoms with Crippen LogP contribution in [0.1, 0.15) is 46.0 Å². The topological polar surface area (TPSA) is 30.5 Å². The molecule has 3 heteroatoms. The van der Waals surface area contributed by atoms with Gasteiger partial charge in [0, 0.05) is 45.8 Å². The van der Waals surface area contributed by atoms with Crippen molar-refractivity contribution in [2.45, 2.75) is 57.6 Å². The molecule has 0 spiro atoms. The zero-order valence-electron chi connectivity index (χ0n) is 12.2. The Morgan fingerprint density at radius 3 is 2.61 bits per heavy atom. The Morgan fingerprint density at radius 1 is 1.22 bits per heavy atom. The van der Waals surface area contributed by atoms with Gasteiger partial charge in [0.05, 0.1) is 5.60 Å². The normalized spacial score (nSPS) is 36.5. The average Bonchev–Trinajstić information content (AvgIpc) is 2.41. The highest BCUT2D eigenvalue weighted by Gasteiger charge is 2.34. The Balaban J connectivity index is 1.85. The molecule has 0 aromatic rings. The SMILES string of the molecule is COC1(CNC2CCCC(C)C2C)CCOCC1. The van der Waals surface area contributed by atoms with Gasteiger partial charge >= 0.3 is 0 Å². The first-order valence-corrected chi connectivity index (χ1v) is 7.53. The molecule has 0 aromatic heterocycles. The summed E-state index contributed by atoms with van der Waals surface area (Å²) in [5.74, 6) is 1.64. The smallest absolute Gasteiger partial charge is 0.0846 e. The fourth-order valence-electron chi connectivity index (χ4n) is 3.38. The predicted octanol–water partition coefficient (Wildman–Crippen LogP) is 2.60. The van der Waals surface area contributed by atoms with Gasteiger partial charge in [-0.25, -0.2) is 0 Å². The molecule has 3 nitrogen and oxygen atoms in total. The van der Waals surface area contributed by atoms with Gasteiger partial charge < -0.3 is 14.8 Å². The van der Waals surface area contributed by atoms with Gasteiger partial charge in [-0.2, -0.15) is 0 Å². The Labute approximate surface area is 112 Å². The molecule has 3 unspecified atom stereocenters. The second-order valence-electron chi connectivity index (χ2n) is 6.25. The van der Waals surface area contributed by atoms with E-state index in [4.69, 9.17) is 9.47 Å². The van der Waals surface area contributed by atoms with Crippen molar-refractivity contribution in [3.63, 3.8) is 0 Å². The van der Waals surface area contributed by atoms with Crippen molar-refractivity contribution in [3.8, 4) is 0 Å². The minimum Gasteiger partial charge on any atom is -0.381 e. The predicted molar refractivity (Wildman–Crippen MR) is 73.8 cm³/mol. The molecule has 18 heavy (non-hydrogen) atoms. The van der Waals surface area contributed by atoms with E-state index in [9.17, 15) is 0 Å². The molecule has 2 fully saturated rings. The lowest BCUT2D eigenvalue weighted by atomic mass is 9.77. The number of methoxy groups -OCH3 is 1. The number of ether oxygens (including phenoxy) is 2. The highest BCUT2D eigenvalue weighted by atomic mass is 16.5. The van der Waals surface area contributed by atoms with Crippen molar-refractivity contribution in [2.24, 2.45) is 11.8 Å². The molecule has 1 aliphatic heterocycles. The third-order valence-corrected chi connectivity index (χ3v) is 5.23. The van der Waals surface area contributed by atoms with E-state index in [1.165, 1.54) is 19.3 Å². The molecule has 3 atom stereocenters. The summed E-state index contributed by atoms with van der Waals surface area (Å²) in [7, 11) is 1.85. The van der Waals surface area contributed by atoms with E-state index in [1.54, 1.807) is 0 Å². The van der Waals surface area contributed by atoms with Crippen LogP contribution in [0.5, 0.6) is 0 Å². The van der Waals surface area contributed by atoms with E-state index >= 15 is 0 Å². The maximum Gasteiger partial charge on any atom is 0.0846 e. The zero-order chi connectivity index (χ0) is 13.0. The Hall–Kier alpha value is -0.120. The molecule has 1 aliphatic carbocycles. The van der Waals surface area contributed by atoms with Crippen molar-refractivity contribution >= 4 is 0 Å². The molecule has 0 aromatic carbocycles. The lowest BCUT2D eigenvalue weighted by molar-refractivity contribution is -0.0899. The summed E-state index contributed by atoms with van der Waals surface area (Å²) in [6.07, 6.45) is 6.12. The summed E-state index contributed by atoms with van der Waals surface area (Å²) >= 11 is 0. The van der Waals surface area contributed by atoms with E-state index < -0.39 is 0 Å². The van der Waals surface area contributed by atoms with Crippen LogP contribution in [-0.4, -0.2) is 38.5 Å². The van der Waals surface area contributed by atoms with Crippen LogP contribution in [0, 0.1) is 11.8 Å². The van der Waals surface area contributed by atoms with Crippen LogP contribution < -0.4 is 5.32 Å². The van der Waals surface area contributed by atoms with Crippen LogP contribution in [0.3, 0.4) is 0 Å². The summed E-state index contributed by atoms with van der Waals surface area (Å²) in [4.78, 5) is 0. The van der Waals surface area contributed by atoms with Crippen LogP contribution in [-0.2, 0) is 9.47 Å². The van der Waals surface area contributed by atoms with E-state index in [1.807, 2.05) is 7.11 Å². The highest BCUT2D eigenvalue weighted by Crippen LogP contribution is 2.30. The average molecular weight is 255 g/mol. The minimum absolute atomic E-state index is 0.0126. The molecule has 1 saturated carbocycles. The molecule has 2 rings (SSSR count). The highest BCUT2D eigenvalue weighted by molar-refractivity contribution is 4.89. The third kappa shape index (κ3) is 3.25. The largest absolute Gasteiger partial charge is 0.381 e. The molecule has 0 radical (unpaired) electrons. The Bertz CT molecular complexity index is 251. The second-order valence-corrected chi connectivity index (χ2v) is 6.25. The van der Waals surface area contributed by atoms with Gasteiger partial charge in [0.15, 0.2) is 0 Å². The van der Waals surface area contributed by atoms with Gasteiger partial charge in [-0.05, 0) is 18.3 Å². The van der Waals surface area contributed by atoms with Crippen LogP contribution in [0.4, 0.5) is 0 Å². The molecule has 2 aliphatic rings. The van der Waals surface area contributed by atoms with Gasteiger partial charge in [0.2, 0.25) is 0 Å². The van der Waals surface area contributed by atoms with Crippen LogP contribution in [0.2, 0.25) is 0 Å². The number of hydrogen-bond donors (Lipinski definition) is 1. The monoisotopic (exact) mass is 255 g/mol. The minimum atomic E-state index is 0.0126. The molecule has 0 amide bonds. The van der Waals surface area contributed by atoms with Crippen LogP contribution in [0.25, 0.3) is 0 Å². The maximum absolute atomic E-state index is 5.79. The first-order valence-electron chi connectivity index (χ1n) is 7.53. The standard InChI is InChI=1S/C15H29NO2/c1-12-5-4-6-14(13(12)2)16-11-15(17-3)7-9-18-10-8-15/h12-14,16H,4-11H2,1-3H3. The van der Waals surface area contributed by atoms with Crippen LogP contribution >= 0.6 is 0 Å². The van der Waals surface area contributed by atoms with Crippen molar-refractivity contribution < 1.29 is 9.47 Å². The first-order chi connectivity index (χ1) is 8.67. The van der Waals surface area contributed by atoms with Crippen molar-refractivity contribution in [3.05, 3.63) is 0 Å². The molecule has 1 N–H and O–H groups in total. The van der Waals surface area contributed by atoms with Gasteiger partial charge in [-0.15, -0.1) is 0 Å². The summed E-state index contributed by atoms with van der Waals surface area (Å²) in [6.45, 7) is 7.44. The third-order valence-electron chi connectivity index (χ3n) is 5.23. The lowest BCUT2D eigenvalue weighted by Crippen LogP contribution is -2.51. The van der Waals surface area contributed by atoms with Crippen molar-refractivity contribution in [1.29, 1.82) is 0 Å². The fraction of sp³-hybridized carbons (Fsp3) is 1.00. The molecule has 1 heterocycles. The van der Waals surface area contributed by atoms with Crippen molar-refractivity contribution in [1.82, 2.24) is 5.32 Å². The molecular weight excluding hydrogens is 226 g/mol. The molecule has 1 saturated heterocycles. The van der Waals surface area contributed by atoms with Gasteiger partial charge in [0.25, 0.3) is 0 Å². The van der Waals surface area contributed by atoms with E-state index in [-0.39, 0.29) is 5.60 Å². The van der Waals surface area contributed by atoms with Gasteiger partial charge in [0.1, 0.15) is 0 Å². The molecule has 0 bridgehead atoms. The second kappa shape index (κ2) is 6.36. The quantitative estimate of drug-likeness (QED) is 0.837. The summed E-state index contributed by atoms with van der Waals surface area (Å²) in [5.41, 5.74) is 0.0126. The van der Waals surface area contributed by atoms with Crippen LogP contribution in [0.15, 0.2) is 0 Å². The van der Waals surface area contributed by atoms with E-state index in [2.05, 4.69) is 19.2 Å². The first kappa shape index (κ1) is 14.3. The fourth-order valence-corrected chi connectivity index (χ4v) is 3.38. The summed E-state index contributed by atoms with van der Waals surface area (Å²) in [6, 6.07) is 0.670. The van der Waals surface area contributed by atoms with Crippen molar-refractivity contribution in [2.75, 3.05) is 26.9 Å². The Morgan fingerprint density at radius 2 is 1.94 bits per heavy atom. The number of nitrogens with one attached hydrogen (secondary N) is 1. The maximum atomic E-state index is 5.79. The number of rotatable bonds is 4. The summed E-state index contributed by atoms with van der Waals surface area (Å²) in [5, 5.41) is 3.78. The molecular formula is C15H29NO2. The molecule has 106 valence electrons. The summed E-state index contributed by atoms with van der Waals surface area (Å²) < 4.78 is 11.2. The number of hydrogen-bond acceptors (Lipinski definition) is 3. The zero-order valence-corrected chi connectivity index (χ0v) is 12.2. The van der Waals surface area contributed by atoms with E-state index in [0.717, 1.165) is 44.4 Å². The van der Waals surface area contributed by atoms with Gasteiger partial charge in [-0.3, -0.25) is 0 Å². The lowest BCUT2D eigenvalue weighted by Gasteiger charge is -2.40. The Kier molecular flexibility index (Phi) is 5.05. The van der Waals surface area contributed by atoms with E-state index in [0.29, 0.717) is 6.04 Å².